The van der Waals surface area contributed by atoms with E-state index < -0.39 is 5.97 Å². The maximum Gasteiger partial charge on any atom is 0.338 e. The standard InChI is InChI=1S/C22H23NO4.C4H8.CH2O/c1-15(2)22(24)26-19-10-8-17(9-11-19)20-14-18-7-6-16(5-4-12-25-3)13-21(18)27-23-20;1-4(2)3;1-2/h6-11,13-14,23H,1,4-5,12H2,2-3H3;1H2,2-3H3;1H2. The van der Waals surface area contributed by atoms with Crippen molar-refractivity contribution in [1.82, 2.24) is 5.48 Å². The summed E-state index contributed by atoms with van der Waals surface area (Å²) in [5, 5.41) is 0. The predicted molar refractivity (Wildman–Crippen MR) is 133 cm³/mol. The Kier molecular flexibility index (Phi) is 12.0. The van der Waals surface area contributed by atoms with E-state index >= 15 is 0 Å². The van der Waals surface area contributed by atoms with Gasteiger partial charge in [0.2, 0.25) is 0 Å². The molecule has 1 N–H and O–H groups in total. The van der Waals surface area contributed by atoms with Crippen LogP contribution in [0.1, 0.15) is 43.9 Å². The molecule has 0 amide bonds. The van der Waals surface area contributed by atoms with Crippen LogP contribution < -0.4 is 15.1 Å². The van der Waals surface area contributed by atoms with Crippen LogP contribution in [-0.2, 0) is 20.7 Å². The van der Waals surface area contributed by atoms with Gasteiger partial charge in [0.1, 0.15) is 12.5 Å². The summed E-state index contributed by atoms with van der Waals surface area (Å²) in [4.78, 5) is 25.3. The second kappa shape index (κ2) is 14.4. The van der Waals surface area contributed by atoms with Crippen molar-refractivity contribution in [3.63, 3.8) is 0 Å². The second-order valence-corrected chi connectivity index (χ2v) is 7.63. The highest BCUT2D eigenvalue weighted by molar-refractivity contribution is 5.89. The number of esters is 1. The van der Waals surface area contributed by atoms with Gasteiger partial charge in [0, 0.05) is 30.4 Å². The lowest BCUT2D eigenvalue weighted by atomic mass is 10.0. The van der Waals surface area contributed by atoms with Crippen LogP contribution in [0.25, 0.3) is 11.8 Å². The molecule has 0 radical (unpaired) electrons. The van der Waals surface area contributed by atoms with Gasteiger partial charge in [-0.3, -0.25) is 0 Å². The Labute approximate surface area is 196 Å². The van der Waals surface area contributed by atoms with E-state index in [-0.39, 0.29) is 0 Å². The number of aryl methyl sites for hydroxylation is 1. The number of rotatable bonds is 7. The van der Waals surface area contributed by atoms with Crippen molar-refractivity contribution >= 4 is 24.5 Å². The smallest absolute Gasteiger partial charge is 0.338 e. The summed E-state index contributed by atoms with van der Waals surface area (Å²) in [6.45, 7) is 15.4. The molecule has 6 nitrogen and oxygen atoms in total. The average Bonchev–Trinajstić information content (AvgIpc) is 2.80. The van der Waals surface area contributed by atoms with Gasteiger partial charge in [-0.05, 0) is 75.6 Å². The summed E-state index contributed by atoms with van der Waals surface area (Å²) < 4.78 is 10.3. The van der Waals surface area contributed by atoms with Gasteiger partial charge in [0.05, 0.1) is 5.70 Å². The van der Waals surface area contributed by atoms with Crippen molar-refractivity contribution in [3.05, 3.63) is 83.5 Å². The van der Waals surface area contributed by atoms with Gasteiger partial charge >= 0.3 is 5.97 Å². The van der Waals surface area contributed by atoms with Gasteiger partial charge in [-0.1, -0.05) is 24.3 Å². The first-order valence-corrected chi connectivity index (χ1v) is 10.5. The highest BCUT2D eigenvalue weighted by atomic mass is 16.6. The third kappa shape index (κ3) is 9.58. The summed E-state index contributed by atoms with van der Waals surface area (Å²) in [5.74, 6) is 0.849. The summed E-state index contributed by atoms with van der Waals surface area (Å²) >= 11 is 0. The molecule has 3 rings (SSSR count). The number of hydrogen-bond donors (Lipinski definition) is 1. The third-order valence-corrected chi connectivity index (χ3v) is 4.19. The van der Waals surface area contributed by atoms with Crippen LogP contribution in [0.5, 0.6) is 11.5 Å². The first-order valence-electron chi connectivity index (χ1n) is 10.5. The van der Waals surface area contributed by atoms with Crippen LogP contribution in [0, 0.1) is 0 Å². The zero-order chi connectivity index (χ0) is 24.8. The van der Waals surface area contributed by atoms with Crippen molar-refractivity contribution in [1.29, 1.82) is 0 Å². The van der Waals surface area contributed by atoms with Crippen LogP contribution in [0.2, 0.25) is 0 Å². The summed E-state index contributed by atoms with van der Waals surface area (Å²) in [5.41, 5.74) is 8.51. The number of hydrogen-bond acceptors (Lipinski definition) is 6. The Balaban J connectivity index is 0.000000820. The average molecular weight is 452 g/mol. The molecule has 0 spiro atoms. The van der Waals surface area contributed by atoms with E-state index in [0.717, 1.165) is 42.0 Å². The summed E-state index contributed by atoms with van der Waals surface area (Å²) in [6.07, 6.45) is 3.96. The van der Waals surface area contributed by atoms with Gasteiger partial charge in [-0.15, -0.1) is 6.58 Å². The molecule has 0 fully saturated rings. The number of carbonyl (C=O) groups is 2. The molecular formula is C27H33NO5. The fraction of sp³-hybridized carbons (Fsp3) is 0.259. The zero-order valence-corrected chi connectivity index (χ0v) is 19.9. The molecule has 0 unspecified atom stereocenters. The summed E-state index contributed by atoms with van der Waals surface area (Å²) in [6, 6.07) is 13.4. The molecule has 0 aromatic heterocycles. The van der Waals surface area contributed by atoms with Gasteiger partial charge in [0.25, 0.3) is 0 Å². The minimum atomic E-state index is -0.434. The number of allylic oxidation sites excluding steroid dienone is 1. The molecule has 0 saturated carbocycles. The van der Waals surface area contributed by atoms with E-state index in [1.165, 1.54) is 11.1 Å². The molecule has 2 aromatic rings. The molecule has 1 aliphatic heterocycles. The molecule has 0 saturated heterocycles. The molecule has 0 bridgehead atoms. The number of benzene rings is 2. The Morgan fingerprint density at radius 3 is 2.24 bits per heavy atom. The number of ether oxygens (including phenoxy) is 2. The molecule has 0 atom stereocenters. The van der Waals surface area contributed by atoms with Crippen molar-refractivity contribution in [3.8, 4) is 11.5 Å². The van der Waals surface area contributed by atoms with Crippen LogP contribution >= 0.6 is 0 Å². The van der Waals surface area contributed by atoms with Crippen molar-refractivity contribution in [2.24, 2.45) is 0 Å². The Hall–Kier alpha value is -3.64. The first-order chi connectivity index (χ1) is 15.8. The van der Waals surface area contributed by atoms with E-state index in [9.17, 15) is 4.79 Å². The quantitative estimate of drug-likeness (QED) is 0.196. The number of hydroxylamine groups is 1. The van der Waals surface area contributed by atoms with Crippen molar-refractivity contribution < 1.29 is 23.9 Å². The lowest BCUT2D eigenvalue weighted by Gasteiger charge is -2.20. The van der Waals surface area contributed by atoms with E-state index in [0.29, 0.717) is 11.3 Å². The molecule has 1 heterocycles. The Morgan fingerprint density at radius 2 is 1.67 bits per heavy atom. The zero-order valence-electron chi connectivity index (χ0n) is 19.9. The topological polar surface area (TPSA) is 73.9 Å². The van der Waals surface area contributed by atoms with Crippen molar-refractivity contribution in [2.75, 3.05) is 13.7 Å². The molecular weight excluding hydrogens is 418 g/mol. The molecule has 2 aromatic carbocycles. The van der Waals surface area contributed by atoms with Gasteiger partial charge in [0.15, 0.2) is 5.75 Å². The van der Waals surface area contributed by atoms with E-state index in [1.807, 2.05) is 44.9 Å². The van der Waals surface area contributed by atoms with Crippen LogP contribution in [0.15, 0.2) is 66.8 Å². The third-order valence-electron chi connectivity index (χ3n) is 4.19. The number of nitrogens with one attached hydrogen (secondary N) is 1. The monoisotopic (exact) mass is 451 g/mol. The van der Waals surface area contributed by atoms with E-state index in [1.54, 1.807) is 26.2 Å². The molecule has 1 aliphatic rings. The van der Waals surface area contributed by atoms with E-state index in [2.05, 4.69) is 30.8 Å². The van der Waals surface area contributed by atoms with Gasteiger partial charge in [-0.25, -0.2) is 10.3 Å². The van der Waals surface area contributed by atoms with Gasteiger partial charge in [-0.2, -0.15) is 0 Å². The minimum absolute atomic E-state index is 0.363. The van der Waals surface area contributed by atoms with Crippen LogP contribution in [0.3, 0.4) is 0 Å². The number of carbonyl (C=O) groups excluding carboxylic acids is 2. The van der Waals surface area contributed by atoms with Crippen LogP contribution in [0.4, 0.5) is 0 Å². The minimum Gasteiger partial charge on any atom is -0.423 e. The number of methoxy groups -OCH3 is 1. The lowest BCUT2D eigenvalue weighted by Crippen LogP contribution is -2.20. The molecule has 6 heteroatoms. The van der Waals surface area contributed by atoms with E-state index in [4.69, 9.17) is 19.1 Å². The number of fused-ring (bicyclic) bond motifs is 1. The molecule has 33 heavy (non-hydrogen) atoms. The Morgan fingerprint density at radius 1 is 1.03 bits per heavy atom. The first kappa shape index (κ1) is 27.4. The fourth-order valence-electron chi connectivity index (χ4n) is 2.70. The predicted octanol–water partition coefficient (Wildman–Crippen LogP) is 5.54. The molecule has 0 aliphatic carbocycles. The Bertz CT molecular complexity index is 973. The van der Waals surface area contributed by atoms with Crippen molar-refractivity contribution in [2.45, 2.75) is 33.6 Å². The maximum atomic E-state index is 11.6. The molecule has 176 valence electrons. The second-order valence-electron chi connectivity index (χ2n) is 7.63. The lowest BCUT2D eigenvalue weighted by molar-refractivity contribution is -0.130. The highest BCUT2D eigenvalue weighted by Crippen LogP contribution is 2.30. The summed E-state index contributed by atoms with van der Waals surface area (Å²) in [7, 11) is 1.71. The fourth-order valence-corrected chi connectivity index (χ4v) is 2.70. The SMILES string of the molecule is C=C(C)C.C=C(C)C(=O)Oc1ccc(C2=Cc3ccc(CCCOC)cc3ON2)cc1.C=O. The largest absolute Gasteiger partial charge is 0.423 e. The maximum absolute atomic E-state index is 11.6. The highest BCUT2D eigenvalue weighted by Gasteiger charge is 2.14. The van der Waals surface area contributed by atoms with Crippen LogP contribution in [-0.4, -0.2) is 26.5 Å². The van der Waals surface area contributed by atoms with Gasteiger partial charge < -0.3 is 19.1 Å². The normalized spacial score (nSPS) is 11.0.